The number of anilines is 2. The maximum Gasteiger partial charge on any atom is 0.267 e. The molecule has 0 spiro atoms. The Hall–Kier alpha value is -2.83. The molecule has 2 aromatic rings. The van der Waals surface area contributed by atoms with Gasteiger partial charge < -0.3 is 20.5 Å². The van der Waals surface area contributed by atoms with E-state index in [0.717, 1.165) is 0 Å². The third-order valence-electron chi connectivity index (χ3n) is 3.21. The van der Waals surface area contributed by atoms with Gasteiger partial charge in [-0.1, -0.05) is 0 Å². The number of carbonyl (C=O) groups excluding carboxylic acids is 1. The van der Waals surface area contributed by atoms with Gasteiger partial charge in [0.15, 0.2) is 0 Å². The number of nitrogens with zero attached hydrogens (tertiary/aromatic N) is 3. The molecule has 1 aromatic heterocycles. The molecule has 2 heterocycles. The van der Waals surface area contributed by atoms with E-state index in [9.17, 15) is 9.90 Å². The zero-order chi connectivity index (χ0) is 15.0. The van der Waals surface area contributed by atoms with Crippen molar-refractivity contribution < 1.29 is 14.6 Å². The van der Waals surface area contributed by atoms with Crippen LogP contribution in [0.25, 0.3) is 0 Å². The van der Waals surface area contributed by atoms with E-state index in [1.807, 2.05) is 6.92 Å². The molecule has 7 nitrogen and oxygen atoms in total. The van der Waals surface area contributed by atoms with E-state index in [4.69, 9.17) is 10.5 Å². The van der Waals surface area contributed by atoms with Crippen LogP contribution in [0, 0.1) is 0 Å². The molecule has 0 saturated heterocycles. The maximum absolute atomic E-state index is 12.7. The molecule has 0 aliphatic carbocycles. The van der Waals surface area contributed by atoms with E-state index in [1.165, 1.54) is 23.4 Å². The van der Waals surface area contributed by atoms with Gasteiger partial charge in [-0.2, -0.15) is 0 Å². The van der Waals surface area contributed by atoms with Crippen molar-refractivity contribution in [3.05, 3.63) is 36.2 Å². The van der Waals surface area contributed by atoms with Crippen molar-refractivity contribution in [1.29, 1.82) is 0 Å². The summed E-state index contributed by atoms with van der Waals surface area (Å²) >= 11 is 0. The van der Waals surface area contributed by atoms with E-state index >= 15 is 0 Å². The van der Waals surface area contributed by atoms with Crippen LogP contribution in [-0.2, 0) is 0 Å². The van der Waals surface area contributed by atoms with Crippen molar-refractivity contribution >= 4 is 17.4 Å². The van der Waals surface area contributed by atoms with Crippen LogP contribution < -0.4 is 15.4 Å². The molecule has 3 rings (SSSR count). The first-order valence-electron chi connectivity index (χ1n) is 6.44. The second kappa shape index (κ2) is 4.93. The van der Waals surface area contributed by atoms with Gasteiger partial charge in [0.2, 0.25) is 5.88 Å². The standard InChI is InChI=1S/C14H14N4O3/c1-8-6-18(9-2-4-10(19)5-3-9)14(20)11-12(15)16-7-17-13(11)21-8/h2-5,7-8,19H,6H2,1H3,(H2,15,16,17)/t8-/m1/s1. The predicted molar refractivity (Wildman–Crippen MR) is 76.3 cm³/mol. The molecule has 1 atom stereocenters. The van der Waals surface area contributed by atoms with Crippen LogP contribution in [0.2, 0.25) is 0 Å². The summed E-state index contributed by atoms with van der Waals surface area (Å²) in [5, 5.41) is 9.36. The Morgan fingerprint density at radius 1 is 1.33 bits per heavy atom. The summed E-state index contributed by atoms with van der Waals surface area (Å²) in [7, 11) is 0. The molecular formula is C14H14N4O3. The average molecular weight is 286 g/mol. The number of fused-ring (bicyclic) bond motifs is 1. The second-order valence-electron chi connectivity index (χ2n) is 4.80. The molecular weight excluding hydrogens is 272 g/mol. The highest BCUT2D eigenvalue weighted by molar-refractivity contribution is 6.10. The summed E-state index contributed by atoms with van der Waals surface area (Å²) in [6.07, 6.45) is 1.02. The Kier molecular flexibility index (Phi) is 3.09. The zero-order valence-corrected chi connectivity index (χ0v) is 11.4. The lowest BCUT2D eigenvalue weighted by Gasteiger charge is -2.22. The third kappa shape index (κ3) is 2.33. The first-order chi connectivity index (χ1) is 10.1. The maximum atomic E-state index is 12.7. The van der Waals surface area contributed by atoms with Crippen molar-refractivity contribution in [2.24, 2.45) is 0 Å². The number of hydrogen-bond donors (Lipinski definition) is 2. The Bertz CT molecular complexity index is 687. The number of nitrogens with two attached hydrogens (primary N) is 1. The summed E-state index contributed by atoms with van der Waals surface area (Å²) in [5.74, 6) is 0.0934. The zero-order valence-electron chi connectivity index (χ0n) is 11.4. The van der Waals surface area contributed by atoms with Gasteiger partial charge >= 0.3 is 0 Å². The fourth-order valence-electron chi connectivity index (χ4n) is 2.23. The molecule has 0 bridgehead atoms. The molecule has 1 aliphatic heterocycles. The van der Waals surface area contributed by atoms with E-state index in [2.05, 4.69) is 9.97 Å². The van der Waals surface area contributed by atoms with Crippen LogP contribution in [0.1, 0.15) is 17.3 Å². The normalized spacial score (nSPS) is 17.9. The predicted octanol–water partition coefficient (Wildman–Crippen LogP) is 1.19. The highest BCUT2D eigenvalue weighted by Gasteiger charge is 2.31. The van der Waals surface area contributed by atoms with Crippen molar-refractivity contribution in [3.8, 4) is 11.6 Å². The van der Waals surface area contributed by atoms with E-state index in [1.54, 1.807) is 12.1 Å². The number of ether oxygens (including phenoxy) is 1. The van der Waals surface area contributed by atoms with Gasteiger partial charge in [-0.15, -0.1) is 0 Å². The quantitative estimate of drug-likeness (QED) is 0.816. The van der Waals surface area contributed by atoms with Gasteiger partial charge in [-0.05, 0) is 31.2 Å². The molecule has 108 valence electrons. The number of amides is 1. The van der Waals surface area contributed by atoms with Crippen molar-refractivity contribution in [3.63, 3.8) is 0 Å². The number of benzene rings is 1. The molecule has 0 radical (unpaired) electrons. The Morgan fingerprint density at radius 2 is 2.05 bits per heavy atom. The molecule has 1 amide bonds. The monoisotopic (exact) mass is 286 g/mol. The second-order valence-corrected chi connectivity index (χ2v) is 4.80. The minimum Gasteiger partial charge on any atom is -0.508 e. The molecule has 1 aromatic carbocycles. The molecule has 0 unspecified atom stereocenters. The number of rotatable bonds is 1. The van der Waals surface area contributed by atoms with Gasteiger partial charge in [0.1, 0.15) is 29.6 Å². The Labute approximate surface area is 121 Å². The van der Waals surface area contributed by atoms with Gasteiger partial charge in [0.05, 0.1) is 6.54 Å². The number of phenolic OH excluding ortho intramolecular Hbond substituents is 1. The van der Waals surface area contributed by atoms with Crippen molar-refractivity contribution in [2.75, 3.05) is 17.2 Å². The number of carbonyl (C=O) groups is 1. The lowest BCUT2D eigenvalue weighted by Crippen LogP contribution is -2.36. The minimum absolute atomic E-state index is 0.0860. The molecule has 0 fully saturated rings. The molecule has 0 saturated carbocycles. The Balaban J connectivity index is 2.08. The van der Waals surface area contributed by atoms with Gasteiger partial charge in [-0.3, -0.25) is 4.79 Å². The van der Waals surface area contributed by atoms with E-state index < -0.39 is 0 Å². The number of hydrogen-bond acceptors (Lipinski definition) is 6. The first kappa shape index (κ1) is 13.2. The van der Waals surface area contributed by atoms with Crippen molar-refractivity contribution in [1.82, 2.24) is 9.97 Å². The first-order valence-corrected chi connectivity index (χ1v) is 6.44. The summed E-state index contributed by atoms with van der Waals surface area (Å²) in [4.78, 5) is 22.1. The van der Waals surface area contributed by atoms with Crippen molar-refractivity contribution in [2.45, 2.75) is 13.0 Å². The fourth-order valence-corrected chi connectivity index (χ4v) is 2.23. The smallest absolute Gasteiger partial charge is 0.267 e. The minimum atomic E-state index is -0.321. The number of aromatic hydroxyl groups is 1. The van der Waals surface area contributed by atoms with Crippen LogP contribution in [0.3, 0.4) is 0 Å². The lowest BCUT2D eigenvalue weighted by atomic mass is 10.2. The van der Waals surface area contributed by atoms with Gasteiger partial charge in [0, 0.05) is 5.69 Å². The summed E-state index contributed by atoms with van der Waals surface area (Å²) in [5.41, 5.74) is 6.60. The third-order valence-corrected chi connectivity index (χ3v) is 3.21. The molecule has 3 N–H and O–H groups in total. The highest BCUT2D eigenvalue weighted by Crippen LogP contribution is 2.29. The molecule has 1 aliphatic rings. The summed E-state index contributed by atoms with van der Waals surface area (Å²) in [6.45, 7) is 2.19. The largest absolute Gasteiger partial charge is 0.508 e. The van der Waals surface area contributed by atoms with Crippen LogP contribution in [0.15, 0.2) is 30.6 Å². The number of phenols is 1. The van der Waals surface area contributed by atoms with Gasteiger partial charge in [-0.25, -0.2) is 9.97 Å². The van der Waals surface area contributed by atoms with Crippen LogP contribution in [0.5, 0.6) is 11.6 Å². The average Bonchev–Trinajstić information content (AvgIpc) is 2.57. The van der Waals surface area contributed by atoms with Crippen LogP contribution in [0.4, 0.5) is 11.5 Å². The number of aromatic nitrogens is 2. The molecule has 21 heavy (non-hydrogen) atoms. The SMILES string of the molecule is C[C@@H]1CN(c2ccc(O)cc2)C(=O)c2c(N)ncnc2O1. The number of nitrogen functional groups attached to an aromatic ring is 1. The van der Waals surface area contributed by atoms with E-state index in [0.29, 0.717) is 12.2 Å². The summed E-state index contributed by atoms with van der Waals surface area (Å²) in [6, 6.07) is 6.35. The topological polar surface area (TPSA) is 102 Å². The summed E-state index contributed by atoms with van der Waals surface area (Å²) < 4.78 is 5.64. The Morgan fingerprint density at radius 3 is 2.76 bits per heavy atom. The van der Waals surface area contributed by atoms with E-state index in [-0.39, 0.29) is 35.0 Å². The lowest BCUT2D eigenvalue weighted by molar-refractivity contribution is 0.0988. The fraction of sp³-hybridized carbons (Fsp3) is 0.214. The van der Waals surface area contributed by atoms with Crippen LogP contribution >= 0.6 is 0 Å². The molecule has 7 heteroatoms. The van der Waals surface area contributed by atoms with Crippen LogP contribution in [-0.4, -0.2) is 33.6 Å². The van der Waals surface area contributed by atoms with Gasteiger partial charge in [0.25, 0.3) is 5.91 Å². The highest BCUT2D eigenvalue weighted by atomic mass is 16.5.